The van der Waals surface area contributed by atoms with E-state index in [2.05, 4.69) is 5.32 Å². The van der Waals surface area contributed by atoms with Gasteiger partial charge in [0, 0.05) is 16.6 Å². The third kappa shape index (κ3) is 3.19. The van der Waals surface area contributed by atoms with E-state index < -0.39 is 0 Å². The number of ether oxygens (including phenoxy) is 1. The van der Waals surface area contributed by atoms with Gasteiger partial charge in [-0.15, -0.1) is 11.3 Å². The highest BCUT2D eigenvalue weighted by Gasteiger charge is 2.17. The fourth-order valence-corrected chi connectivity index (χ4v) is 3.80. The van der Waals surface area contributed by atoms with Crippen molar-refractivity contribution in [2.75, 3.05) is 18.9 Å². The molecule has 4 nitrogen and oxygen atoms in total. The van der Waals surface area contributed by atoms with Gasteiger partial charge >= 0.3 is 0 Å². The Hall–Kier alpha value is -1.59. The number of nitrogens with one attached hydrogen (secondary N) is 1. The molecule has 1 saturated carbocycles. The third-order valence-electron chi connectivity index (χ3n) is 3.88. The maximum absolute atomic E-state index is 12.2. The predicted molar refractivity (Wildman–Crippen MR) is 86.8 cm³/mol. The fourth-order valence-electron chi connectivity index (χ4n) is 2.76. The van der Waals surface area contributed by atoms with E-state index in [0.717, 1.165) is 22.9 Å². The number of anilines is 1. The van der Waals surface area contributed by atoms with Crippen LogP contribution in [0.5, 0.6) is 0 Å². The van der Waals surface area contributed by atoms with Crippen LogP contribution in [-0.4, -0.2) is 25.2 Å². The maximum atomic E-state index is 12.2. The van der Waals surface area contributed by atoms with E-state index in [1.165, 1.54) is 24.2 Å². The van der Waals surface area contributed by atoms with Crippen LogP contribution in [0.25, 0.3) is 10.1 Å². The quantitative estimate of drug-likeness (QED) is 0.834. The normalized spacial score (nSPS) is 15.6. The average molecular weight is 304 g/mol. The minimum absolute atomic E-state index is 0.108. The number of carbonyl (C=O) groups excluding carboxylic acids is 1. The second-order valence-corrected chi connectivity index (χ2v) is 6.43. The molecule has 21 heavy (non-hydrogen) atoms. The van der Waals surface area contributed by atoms with Crippen LogP contribution in [0.1, 0.15) is 35.4 Å². The van der Waals surface area contributed by atoms with Crippen molar-refractivity contribution in [2.45, 2.75) is 31.8 Å². The van der Waals surface area contributed by atoms with Gasteiger partial charge in [0.25, 0.3) is 5.91 Å². The number of hydrogen-bond acceptors (Lipinski definition) is 4. The molecule has 0 bridgehead atoms. The zero-order valence-corrected chi connectivity index (χ0v) is 12.7. The third-order valence-corrected chi connectivity index (χ3v) is 5.07. The molecule has 0 saturated heterocycles. The lowest BCUT2D eigenvalue weighted by Crippen LogP contribution is -2.28. The summed E-state index contributed by atoms with van der Waals surface area (Å²) in [5, 5.41) is 3.84. The average Bonchev–Trinajstić information content (AvgIpc) is 3.12. The van der Waals surface area contributed by atoms with Crippen LogP contribution >= 0.6 is 11.3 Å². The van der Waals surface area contributed by atoms with Crippen LogP contribution < -0.4 is 11.1 Å². The Morgan fingerprint density at radius 2 is 2.10 bits per heavy atom. The summed E-state index contributed by atoms with van der Waals surface area (Å²) >= 11 is 1.44. The van der Waals surface area contributed by atoms with Crippen molar-refractivity contribution >= 4 is 33.0 Å². The van der Waals surface area contributed by atoms with Crippen molar-refractivity contribution < 1.29 is 9.53 Å². The number of benzene rings is 1. The van der Waals surface area contributed by atoms with Gasteiger partial charge in [-0.3, -0.25) is 4.79 Å². The number of thiophene rings is 1. The molecule has 1 heterocycles. The van der Waals surface area contributed by atoms with Gasteiger partial charge in [0.05, 0.1) is 18.4 Å². The maximum Gasteiger partial charge on any atom is 0.263 e. The second kappa shape index (κ2) is 6.45. The summed E-state index contributed by atoms with van der Waals surface area (Å²) in [6.45, 7) is 1.10. The van der Waals surface area contributed by atoms with Gasteiger partial charge in [0.2, 0.25) is 0 Å². The molecule has 2 aromatic rings. The van der Waals surface area contributed by atoms with E-state index in [-0.39, 0.29) is 5.91 Å². The SMILES string of the molecule is Nc1c(C(=O)NCCOC2CCCC2)sc2ccccc12. The summed E-state index contributed by atoms with van der Waals surface area (Å²) in [7, 11) is 0. The lowest BCUT2D eigenvalue weighted by molar-refractivity contribution is 0.0582. The minimum atomic E-state index is -0.108. The molecule has 1 amide bonds. The van der Waals surface area contributed by atoms with E-state index >= 15 is 0 Å². The number of carbonyl (C=O) groups is 1. The van der Waals surface area contributed by atoms with Crippen LogP contribution in [0.4, 0.5) is 5.69 Å². The first-order valence-electron chi connectivity index (χ1n) is 7.42. The van der Waals surface area contributed by atoms with Crippen LogP contribution in [-0.2, 0) is 4.74 Å². The Labute approximate surface area is 128 Å². The van der Waals surface area contributed by atoms with Crippen LogP contribution in [0, 0.1) is 0 Å². The van der Waals surface area contributed by atoms with E-state index in [9.17, 15) is 4.79 Å². The number of fused-ring (bicyclic) bond motifs is 1. The number of hydrogen-bond donors (Lipinski definition) is 2. The molecule has 0 atom stereocenters. The highest BCUT2D eigenvalue weighted by Crippen LogP contribution is 2.33. The molecule has 0 radical (unpaired) electrons. The molecule has 112 valence electrons. The Kier molecular flexibility index (Phi) is 4.41. The van der Waals surface area contributed by atoms with E-state index in [1.54, 1.807) is 0 Å². The molecule has 1 aromatic heterocycles. The van der Waals surface area contributed by atoms with E-state index in [1.807, 2.05) is 24.3 Å². The molecular formula is C16H20N2O2S. The van der Waals surface area contributed by atoms with Gasteiger partial charge in [0.15, 0.2) is 0 Å². The lowest BCUT2D eigenvalue weighted by atomic mass is 10.2. The molecule has 0 unspecified atom stereocenters. The second-order valence-electron chi connectivity index (χ2n) is 5.37. The zero-order chi connectivity index (χ0) is 14.7. The molecule has 5 heteroatoms. The number of nitrogen functional groups attached to an aromatic ring is 1. The first-order valence-corrected chi connectivity index (χ1v) is 8.24. The molecule has 0 spiro atoms. The van der Waals surface area contributed by atoms with Gasteiger partial charge in [-0.1, -0.05) is 31.0 Å². The van der Waals surface area contributed by atoms with Gasteiger partial charge in [-0.05, 0) is 18.9 Å². The number of rotatable bonds is 5. The van der Waals surface area contributed by atoms with Crippen LogP contribution in [0.3, 0.4) is 0 Å². The minimum Gasteiger partial charge on any atom is -0.397 e. The molecule has 3 N–H and O–H groups in total. The molecule has 3 rings (SSSR count). The Balaban J connectivity index is 1.55. The van der Waals surface area contributed by atoms with Crippen molar-refractivity contribution in [3.05, 3.63) is 29.1 Å². The summed E-state index contributed by atoms with van der Waals surface area (Å²) in [5.74, 6) is -0.108. The predicted octanol–water partition coefficient (Wildman–Crippen LogP) is 3.17. The first kappa shape index (κ1) is 14.4. The van der Waals surface area contributed by atoms with Gasteiger partial charge in [-0.2, -0.15) is 0 Å². The Bertz CT molecular complexity index is 632. The van der Waals surface area contributed by atoms with Gasteiger partial charge < -0.3 is 15.8 Å². The van der Waals surface area contributed by atoms with E-state index in [0.29, 0.717) is 29.8 Å². The first-order chi connectivity index (χ1) is 10.3. The van der Waals surface area contributed by atoms with Crippen molar-refractivity contribution in [3.63, 3.8) is 0 Å². The topological polar surface area (TPSA) is 64.4 Å². The lowest BCUT2D eigenvalue weighted by Gasteiger charge is -2.11. The standard InChI is InChI=1S/C16H20N2O2S/c17-14-12-7-3-4-8-13(12)21-15(14)16(19)18-9-10-20-11-5-1-2-6-11/h3-4,7-8,11H,1-2,5-6,9-10,17H2,(H,18,19). The molecule has 1 aliphatic rings. The summed E-state index contributed by atoms with van der Waals surface area (Å²) < 4.78 is 6.78. The summed E-state index contributed by atoms with van der Waals surface area (Å²) in [4.78, 5) is 12.8. The van der Waals surface area contributed by atoms with Crippen LogP contribution in [0.2, 0.25) is 0 Å². The molecule has 1 aromatic carbocycles. The summed E-state index contributed by atoms with van der Waals surface area (Å²) in [6, 6.07) is 7.81. The zero-order valence-electron chi connectivity index (χ0n) is 11.9. The smallest absolute Gasteiger partial charge is 0.263 e. The number of amides is 1. The van der Waals surface area contributed by atoms with Crippen molar-refractivity contribution in [2.24, 2.45) is 0 Å². The van der Waals surface area contributed by atoms with Gasteiger partial charge in [-0.25, -0.2) is 0 Å². The monoisotopic (exact) mass is 304 g/mol. The Morgan fingerprint density at radius 1 is 1.33 bits per heavy atom. The largest absolute Gasteiger partial charge is 0.397 e. The fraction of sp³-hybridized carbons (Fsp3) is 0.438. The van der Waals surface area contributed by atoms with Gasteiger partial charge in [0.1, 0.15) is 4.88 Å². The molecule has 1 fully saturated rings. The van der Waals surface area contributed by atoms with E-state index in [4.69, 9.17) is 10.5 Å². The van der Waals surface area contributed by atoms with Crippen molar-refractivity contribution in [3.8, 4) is 0 Å². The molecular weight excluding hydrogens is 284 g/mol. The number of nitrogens with two attached hydrogens (primary N) is 1. The summed E-state index contributed by atoms with van der Waals surface area (Å²) in [5.41, 5.74) is 6.64. The summed E-state index contributed by atoms with van der Waals surface area (Å²) in [6.07, 6.45) is 5.20. The van der Waals surface area contributed by atoms with Crippen LogP contribution in [0.15, 0.2) is 24.3 Å². The molecule has 1 aliphatic carbocycles. The Morgan fingerprint density at radius 3 is 2.86 bits per heavy atom. The van der Waals surface area contributed by atoms with Crippen molar-refractivity contribution in [1.82, 2.24) is 5.32 Å². The highest BCUT2D eigenvalue weighted by atomic mass is 32.1. The van der Waals surface area contributed by atoms with Crippen molar-refractivity contribution in [1.29, 1.82) is 0 Å². The molecule has 0 aliphatic heterocycles. The highest BCUT2D eigenvalue weighted by molar-refractivity contribution is 7.21.